The average molecular weight is 397 g/mol. The van der Waals surface area contributed by atoms with Crippen LogP contribution in [0.4, 0.5) is 10.2 Å². The molecule has 1 unspecified atom stereocenters. The van der Waals surface area contributed by atoms with Crippen molar-refractivity contribution in [2.24, 2.45) is 0 Å². The molecule has 0 aliphatic carbocycles. The molecule has 26 heavy (non-hydrogen) atoms. The van der Waals surface area contributed by atoms with Gasteiger partial charge in [-0.3, -0.25) is 4.79 Å². The van der Waals surface area contributed by atoms with Gasteiger partial charge < -0.3 is 5.32 Å². The van der Waals surface area contributed by atoms with Crippen LogP contribution in [0.25, 0.3) is 0 Å². The molecule has 0 saturated carbocycles. The van der Waals surface area contributed by atoms with Gasteiger partial charge >= 0.3 is 0 Å². The van der Waals surface area contributed by atoms with Gasteiger partial charge in [0.05, 0.1) is 23.2 Å². The second kappa shape index (κ2) is 7.79. The Bertz CT molecular complexity index is 912. The van der Waals surface area contributed by atoms with E-state index in [9.17, 15) is 17.6 Å². The number of sulfone groups is 1. The van der Waals surface area contributed by atoms with E-state index in [0.717, 1.165) is 0 Å². The highest BCUT2D eigenvalue weighted by molar-refractivity contribution is 7.99. The SMILES string of the molecule is Cc1cc(NC(=O)CCSc2ccccc2F)n(C2CCS(=O)(=O)C2)n1. The Morgan fingerprint density at radius 3 is 2.88 bits per heavy atom. The number of benzene rings is 1. The summed E-state index contributed by atoms with van der Waals surface area (Å²) in [7, 11) is -3.04. The maximum Gasteiger partial charge on any atom is 0.226 e. The number of rotatable bonds is 6. The van der Waals surface area contributed by atoms with Crippen LogP contribution in [0.15, 0.2) is 35.2 Å². The fourth-order valence-corrected chi connectivity index (χ4v) is 5.46. The van der Waals surface area contributed by atoms with E-state index >= 15 is 0 Å². The molecule has 1 aliphatic heterocycles. The molecule has 2 heterocycles. The van der Waals surface area contributed by atoms with E-state index in [4.69, 9.17) is 0 Å². The van der Waals surface area contributed by atoms with Crippen molar-refractivity contribution in [3.63, 3.8) is 0 Å². The highest BCUT2D eigenvalue weighted by Gasteiger charge is 2.31. The van der Waals surface area contributed by atoms with E-state index in [-0.39, 0.29) is 35.7 Å². The Morgan fingerprint density at radius 1 is 1.42 bits per heavy atom. The number of amides is 1. The molecule has 1 fully saturated rings. The number of anilines is 1. The Morgan fingerprint density at radius 2 is 2.19 bits per heavy atom. The van der Waals surface area contributed by atoms with Crippen LogP contribution in [0.5, 0.6) is 0 Å². The van der Waals surface area contributed by atoms with Crippen molar-refractivity contribution in [3.8, 4) is 0 Å². The number of hydrogen-bond donors (Lipinski definition) is 1. The lowest BCUT2D eigenvalue weighted by atomic mass is 10.3. The van der Waals surface area contributed by atoms with Gasteiger partial charge in [0.25, 0.3) is 0 Å². The summed E-state index contributed by atoms with van der Waals surface area (Å²) < 4.78 is 38.6. The molecule has 1 N–H and O–H groups in total. The Kier molecular flexibility index (Phi) is 5.67. The minimum absolute atomic E-state index is 0.0418. The van der Waals surface area contributed by atoms with Crippen molar-refractivity contribution in [3.05, 3.63) is 41.8 Å². The zero-order valence-electron chi connectivity index (χ0n) is 14.3. The third-order valence-corrected chi connectivity index (χ3v) is 6.90. The van der Waals surface area contributed by atoms with Crippen molar-refractivity contribution in [2.45, 2.75) is 30.7 Å². The first-order chi connectivity index (χ1) is 12.3. The molecule has 6 nitrogen and oxygen atoms in total. The quantitative estimate of drug-likeness (QED) is 0.758. The summed E-state index contributed by atoms with van der Waals surface area (Å²) in [6.07, 6.45) is 0.710. The lowest BCUT2D eigenvalue weighted by Gasteiger charge is -2.13. The van der Waals surface area contributed by atoms with Crippen molar-refractivity contribution in [1.29, 1.82) is 0 Å². The minimum Gasteiger partial charge on any atom is -0.311 e. The fourth-order valence-electron chi connectivity index (χ4n) is 2.88. The van der Waals surface area contributed by atoms with E-state index in [2.05, 4.69) is 10.4 Å². The number of aryl methyl sites for hydroxylation is 1. The molecule has 9 heteroatoms. The lowest BCUT2D eigenvalue weighted by molar-refractivity contribution is -0.115. The van der Waals surface area contributed by atoms with Gasteiger partial charge in [-0.1, -0.05) is 12.1 Å². The van der Waals surface area contributed by atoms with E-state index in [1.165, 1.54) is 17.8 Å². The van der Waals surface area contributed by atoms with Crippen molar-refractivity contribution < 1.29 is 17.6 Å². The summed E-state index contributed by atoms with van der Waals surface area (Å²) >= 11 is 1.28. The largest absolute Gasteiger partial charge is 0.311 e. The summed E-state index contributed by atoms with van der Waals surface area (Å²) in [4.78, 5) is 12.7. The zero-order valence-corrected chi connectivity index (χ0v) is 15.9. The Labute approximate surface area is 156 Å². The average Bonchev–Trinajstić information content (AvgIpc) is 3.11. The van der Waals surface area contributed by atoms with E-state index in [1.807, 2.05) is 0 Å². The summed E-state index contributed by atoms with van der Waals surface area (Å²) in [5, 5.41) is 7.13. The van der Waals surface area contributed by atoms with Crippen molar-refractivity contribution in [2.75, 3.05) is 22.6 Å². The Balaban J connectivity index is 1.59. The molecule has 3 rings (SSSR count). The molecular weight excluding hydrogens is 377 g/mol. The molecule has 1 aromatic heterocycles. The second-order valence-electron chi connectivity index (χ2n) is 6.25. The molecule has 0 radical (unpaired) electrons. The van der Waals surface area contributed by atoms with E-state index < -0.39 is 9.84 Å². The first kappa shape index (κ1) is 18.9. The molecule has 140 valence electrons. The fraction of sp³-hybridized carbons (Fsp3) is 0.412. The number of halogens is 1. The minimum atomic E-state index is -3.04. The van der Waals surface area contributed by atoms with Gasteiger partial charge in [-0.15, -0.1) is 11.8 Å². The van der Waals surface area contributed by atoms with Crippen LogP contribution < -0.4 is 5.32 Å². The van der Waals surface area contributed by atoms with Gasteiger partial charge in [0, 0.05) is 23.1 Å². The topological polar surface area (TPSA) is 81.1 Å². The third-order valence-electron chi connectivity index (χ3n) is 4.10. The van der Waals surface area contributed by atoms with Crippen molar-refractivity contribution >= 4 is 33.3 Å². The molecular formula is C17H20FN3O3S2. The van der Waals surface area contributed by atoms with Gasteiger partial charge in [0.2, 0.25) is 5.91 Å². The summed E-state index contributed by atoms with van der Waals surface area (Å²) in [5.41, 5.74) is 0.713. The first-order valence-corrected chi connectivity index (χ1v) is 11.1. The molecule has 1 aliphatic rings. The number of carbonyl (C=O) groups is 1. The van der Waals surface area contributed by atoms with Crippen LogP contribution in [0.1, 0.15) is 24.6 Å². The van der Waals surface area contributed by atoms with Gasteiger partial charge in [-0.25, -0.2) is 17.5 Å². The van der Waals surface area contributed by atoms with Crippen LogP contribution in [-0.2, 0) is 14.6 Å². The first-order valence-electron chi connectivity index (χ1n) is 8.28. The number of thioether (sulfide) groups is 1. The van der Waals surface area contributed by atoms with Crippen LogP contribution >= 0.6 is 11.8 Å². The third kappa shape index (κ3) is 4.64. The molecule has 2 aromatic rings. The van der Waals surface area contributed by atoms with Crippen LogP contribution in [-0.4, -0.2) is 41.4 Å². The number of nitrogens with zero attached hydrogens (tertiary/aromatic N) is 2. The molecule has 1 atom stereocenters. The van der Waals surface area contributed by atoms with Gasteiger partial charge in [0.1, 0.15) is 11.6 Å². The van der Waals surface area contributed by atoms with E-state index in [0.29, 0.717) is 28.6 Å². The molecule has 0 bridgehead atoms. The second-order valence-corrected chi connectivity index (χ2v) is 9.61. The highest BCUT2D eigenvalue weighted by Crippen LogP contribution is 2.27. The molecule has 1 amide bonds. The maximum atomic E-state index is 13.6. The summed E-state index contributed by atoms with van der Waals surface area (Å²) in [5.74, 6) is 0.622. The number of aromatic nitrogens is 2. The monoisotopic (exact) mass is 397 g/mol. The van der Waals surface area contributed by atoms with Crippen molar-refractivity contribution in [1.82, 2.24) is 9.78 Å². The molecule has 1 aromatic carbocycles. The van der Waals surface area contributed by atoms with Gasteiger partial charge in [0.15, 0.2) is 9.84 Å². The van der Waals surface area contributed by atoms with E-state index in [1.54, 1.807) is 35.9 Å². The molecule has 1 saturated heterocycles. The highest BCUT2D eigenvalue weighted by atomic mass is 32.2. The van der Waals surface area contributed by atoms with Gasteiger partial charge in [-0.2, -0.15) is 5.10 Å². The number of hydrogen-bond acceptors (Lipinski definition) is 5. The number of nitrogens with one attached hydrogen (secondary N) is 1. The maximum absolute atomic E-state index is 13.6. The normalized spacial score (nSPS) is 18.8. The predicted molar refractivity (Wildman–Crippen MR) is 99.6 cm³/mol. The standard InChI is InChI=1S/C17H20FN3O3S2/c1-12-10-16(21(20-12)13-7-9-26(23,24)11-13)19-17(22)6-8-25-15-5-3-2-4-14(15)18/h2-5,10,13H,6-9,11H2,1H3,(H,19,22). The van der Waals surface area contributed by atoms with Crippen LogP contribution in [0.3, 0.4) is 0 Å². The predicted octanol–water partition coefficient (Wildman–Crippen LogP) is 2.81. The van der Waals surface area contributed by atoms with Gasteiger partial charge in [-0.05, 0) is 25.5 Å². The van der Waals surface area contributed by atoms with Crippen LogP contribution in [0, 0.1) is 12.7 Å². The lowest BCUT2D eigenvalue weighted by Crippen LogP contribution is -2.19. The Hall–Kier alpha value is -1.87. The number of carbonyl (C=O) groups excluding carboxylic acids is 1. The summed E-state index contributed by atoms with van der Waals surface area (Å²) in [6, 6.07) is 7.92. The molecule has 0 spiro atoms. The smallest absolute Gasteiger partial charge is 0.226 e. The summed E-state index contributed by atoms with van der Waals surface area (Å²) in [6.45, 7) is 1.80. The van der Waals surface area contributed by atoms with Crippen LogP contribution in [0.2, 0.25) is 0 Å². The zero-order chi connectivity index (χ0) is 18.7.